The predicted molar refractivity (Wildman–Crippen MR) is 122 cm³/mol. The van der Waals surface area contributed by atoms with Crippen LogP contribution in [0.2, 0.25) is 0 Å². The van der Waals surface area contributed by atoms with Gasteiger partial charge < -0.3 is 9.64 Å². The van der Waals surface area contributed by atoms with Gasteiger partial charge in [0.1, 0.15) is 10.8 Å². The molecule has 0 radical (unpaired) electrons. The van der Waals surface area contributed by atoms with E-state index in [9.17, 15) is 4.79 Å². The molecule has 3 heterocycles. The summed E-state index contributed by atoms with van der Waals surface area (Å²) in [6, 6.07) is 12.2. The standard InChI is InChI=1S/C23H27N3O2S2/c1-25(16-22-24-10-13-30-22)14-18-6-8-20(9-7-18)28-17-19-4-2-11-26(15-19)23(27)21-5-3-12-29-21/h3,5-10,12-13,19H,2,4,11,14-17H2,1H3. The number of piperidine rings is 1. The fourth-order valence-corrected chi connectivity index (χ4v) is 5.16. The van der Waals surface area contributed by atoms with Crippen LogP contribution in [0.15, 0.2) is 53.4 Å². The van der Waals surface area contributed by atoms with Crippen molar-refractivity contribution in [2.24, 2.45) is 5.92 Å². The topological polar surface area (TPSA) is 45.7 Å². The van der Waals surface area contributed by atoms with Gasteiger partial charge in [0.15, 0.2) is 0 Å². The van der Waals surface area contributed by atoms with E-state index >= 15 is 0 Å². The second-order valence-electron chi connectivity index (χ2n) is 7.79. The molecule has 30 heavy (non-hydrogen) atoms. The maximum Gasteiger partial charge on any atom is 0.263 e. The molecule has 0 aliphatic carbocycles. The van der Waals surface area contributed by atoms with Crippen LogP contribution in [0.25, 0.3) is 0 Å². The fraction of sp³-hybridized carbons (Fsp3) is 0.391. The molecule has 1 amide bonds. The Morgan fingerprint density at radius 1 is 1.20 bits per heavy atom. The van der Waals surface area contributed by atoms with Gasteiger partial charge in [-0.1, -0.05) is 18.2 Å². The molecule has 1 atom stereocenters. The molecule has 1 aliphatic heterocycles. The number of thiazole rings is 1. The summed E-state index contributed by atoms with van der Waals surface area (Å²) in [6.45, 7) is 4.00. The van der Waals surface area contributed by atoms with Crippen molar-refractivity contribution in [1.82, 2.24) is 14.8 Å². The van der Waals surface area contributed by atoms with Gasteiger partial charge in [0.2, 0.25) is 0 Å². The maximum atomic E-state index is 12.6. The maximum absolute atomic E-state index is 12.6. The van der Waals surface area contributed by atoms with E-state index < -0.39 is 0 Å². The second kappa shape index (κ2) is 10.2. The van der Waals surface area contributed by atoms with Gasteiger partial charge in [0, 0.05) is 37.1 Å². The van der Waals surface area contributed by atoms with Gasteiger partial charge in [0.05, 0.1) is 18.0 Å². The Morgan fingerprint density at radius 2 is 2.07 bits per heavy atom. The van der Waals surface area contributed by atoms with Crippen LogP contribution in [0.1, 0.15) is 33.1 Å². The summed E-state index contributed by atoms with van der Waals surface area (Å²) in [5, 5.41) is 5.11. The number of ether oxygens (including phenoxy) is 1. The van der Waals surface area contributed by atoms with Crippen molar-refractivity contribution < 1.29 is 9.53 Å². The summed E-state index contributed by atoms with van der Waals surface area (Å²) < 4.78 is 6.05. The molecule has 1 saturated heterocycles. The number of aromatic nitrogens is 1. The highest BCUT2D eigenvalue weighted by atomic mass is 32.1. The van der Waals surface area contributed by atoms with Crippen LogP contribution < -0.4 is 4.74 Å². The van der Waals surface area contributed by atoms with Crippen molar-refractivity contribution >= 4 is 28.6 Å². The molecule has 1 aliphatic rings. The van der Waals surface area contributed by atoms with Crippen LogP contribution in [0.3, 0.4) is 0 Å². The lowest BCUT2D eigenvalue weighted by atomic mass is 9.99. The Morgan fingerprint density at radius 3 is 2.80 bits per heavy atom. The minimum Gasteiger partial charge on any atom is -0.493 e. The first-order chi connectivity index (χ1) is 14.7. The van der Waals surface area contributed by atoms with Crippen LogP contribution in [-0.4, -0.2) is 47.4 Å². The van der Waals surface area contributed by atoms with Crippen LogP contribution in [0.5, 0.6) is 5.75 Å². The van der Waals surface area contributed by atoms with Gasteiger partial charge in [-0.3, -0.25) is 9.69 Å². The van der Waals surface area contributed by atoms with Gasteiger partial charge in [-0.25, -0.2) is 4.98 Å². The van der Waals surface area contributed by atoms with Crippen LogP contribution >= 0.6 is 22.7 Å². The molecule has 1 unspecified atom stereocenters. The highest BCUT2D eigenvalue weighted by Crippen LogP contribution is 2.22. The average Bonchev–Trinajstić information content (AvgIpc) is 3.47. The van der Waals surface area contributed by atoms with Crippen molar-refractivity contribution in [3.05, 3.63) is 68.8 Å². The van der Waals surface area contributed by atoms with E-state index in [-0.39, 0.29) is 5.91 Å². The summed E-state index contributed by atoms with van der Waals surface area (Å²) in [5.74, 6) is 1.43. The Balaban J connectivity index is 1.24. The lowest BCUT2D eigenvalue weighted by Crippen LogP contribution is -2.41. The molecule has 3 aromatic rings. The molecule has 0 N–H and O–H groups in total. The Labute approximate surface area is 185 Å². The van der Waals surface area contributed by atoms with Gasteiger partial charge >= 0.3 is 0 Å². The minimum atomic E-state index is 0.154. The zero-order chi connectivity index (χ0) is 20.8. The highest BCUT2D eigenvalue weighted by molar-refractivity contribution is 7.12. The smallest absolute Gasteiger partial charge is 0.263 e. The van der Waals surface area contributed by atoms with Gasteiger partial charge in [-0.05, 0) is 49.0 Å². The third kappa shape index (κ3) is 5.68. The summed E-state index contributed by atoms with van der Waals surface area (Å²) in [5.41, 5.74) is 1.26. The fourth-order valence-electron chi connectivity index (χ4n) is 3.78. The summed E-state index contributed by atoms with van der Waals surface area (Å²) >= 11 is 3.20. The molecule has 0 saturated carbocycles. The number of thiophene rings is 1. The number of benzene rings is 1. The van der Waals surface area contributed by atoms with Gasteiger partial charge in [0.25, 0.3) is 5.91 Å². The molecule has 158 valence electrons. The molecular formula is C23H27N3O2S2. The number of likely N-dealkylation sites (tertiary alicyclic amines) is 1. The number of nitrogens with zero attached hydrogens (tertiary/aromatic N) is 3. The van der Waals surface area contributed by atoms with E-state index in [0.717, 1.165) is 54.7 Å². The molecule has 0 bridgehead atoms. The number of carbonyl (C=O) groups excluding carboxylic acids is 1. The quantitative estimate of drug-likeness (QED) is 0.505. The largest absolute Gasteiger partial charge is 0.493 e. The van der Waals surface area contributed by atoms with E-state index in [4.69, 9.17) is 4.74 Å². The third-order valence-electron chi connectivity index (χ3n) is 5.29. The average molecular weight is 442 g/mol. The summed E-state index contributed by atoms with van der Waals surface area (Å²) in [6.07, 6.45) is 3.99. The molecule has 2 aromatic heterocycles. The van der Waals surface area contributed by atoms with Crippen LogP contribution in [-0.2, 0) is 13.1 Å². The lowest BCUT2D eigenvalue weighted by Gasteiger charge is -2.32. The van der Waals surface area contributed by atoms with Gasteiger partial charge in [-0.2, -0.15) is 0 Å². The predicted octanol–water partition coefficient (Wildman–Crippen LogP) is 4.77. The van der Waals surface area contributed by atoms with Crippen molar-refractivity contribution in [3.63, 3.8) is 0 Å². The molecule has 5 nitrogen and oxygen atoms in total. The van der Waals surface area contributed by atoms with Crippen LogP contribution in [0, 0.1) is 5.92 Å². The highest BCUT2D eigenvalue weighted by Gasteiger charge is 2.25. The first kappa shape index (κ1) is 21.0. The van der Waals surface area contributed by atoms with E-state index in [1.54, 1.807) is 11.3 Å². The number of rotatable bonds is 8. The van der Waals surface area contributed by atoms with E-state index in [1.165, 1.54) is 16.9 Å². The minimum absolute atomic E-state index is 0.154. The third-order valence-corrected chi connectivity index (χ3v) is 6.91. The molecule has 1 fully saturated rings. The van der Waals surface area contributed by atoms with E-state index in [1.807, 2.05) is 46.1 Å². The second-order valence-corrected chi connectivity index (χ2v) is 9.72. The Bertz CT molecular complexity index is 911. The number of amides is 1. The molecule has 4 rings (SSSR count). The van der Waals surface area contributed by atoms with Crippen molar-refractivity contribution in [2.75, 3.05) is 26.7 Å². The SMILES string of the molecule is CN(Cc1ccc(OCC2CCCN(C(=O)c3cccs3)C2)cc1)Cc1nccs1. The molecule has 0 spiro atoms. The van der Waals surface area contributed by atoms with E-state index in [0.29, 0.717) is 12.5 Å². The normalized spacial score (nSPS) is 16.7. The molecule has 7 heteroatoms. The van der Waals surface area contributed by atoms with Crippen LogP contribution in [0.4, 0.5) is 0 Å². The molecular weight excluding hydrogens is 414 g/mol. The zero-order valence-electron chi connectivity index (χ0n) is 17.2. The first-order valence-corrected chi connectivity index (χ1v) is 12.0. The summed E-state index contributed by atoms with van der Waals surface area (Å²) in [7, 11) is 2.11. The first-order valence-electron chi connectivity index (χ1n) is 10.3. The van der Waals surface area contributed by atoms with Crippen molar-refractivity contribution in [1.29, 1.82) is 0 Å². The zero-order valence-corrected chi connectivity index (χ0v) is 18.8. The number of hydrogen-bond donors (Lipinski definition) is 0. The monoisotopic (exact) mass is 441 g/mol. The van der Waals surface area contributed by atoms with Crippen molar-refractivity contribution in [3.8, 4) is 5.75 Å². The Hall–Kier alpha value is -2.22. The van der Waals surface area contributed by atoms with Crippen molar-refractivity contribution in [2.45, 2.75) is 25.9 Å². The Kier molecular flexibility index (Phi) is 7.15. The molecule has 1 aromatic carbocycles. The lowest BCUT2D eigenvalue weighted by molar-refractivity contribution is 0.0638. The number of carbonyl (C=O) groups is 1. The van der Waals surface area contributed by atoms with Gasteiger partial charge in [-0.15, -0.1) is 22.7 Å². The number of hydrogen-bond acceptors (Lipinski definition) is 6. The van der Waals surface area contributed by atoms with E-state index in [2.05, 4.69) is 29.1 Å². The summed E-state index contributed by atoms with van der Waals surface area (Å²) in [4.78, 5) is 22.0.